The zero-order valence-corrected chi connectivity index (χ0v) is 28.6. The average molecular weight is 665 g/mol. The third-order valence-corrected chi connectivity index (χ3v) is 10.3. The van der Waals surface area contributed by atoms with Crippen molar-refractivity contribution in [3.8, 4) is 0 Å². The number of hydrogen-bond donors (Lipinski definition) is 0. The molecule has 2 aromatic heterocycles. The van der Waals surface area contributed by atoms with E-state index in [9.17, 15) is 14.4 Å². The van der Waals surface area contributed by atoms with E-state index < -0.39 is 47.0 Å². The Morgan fingerprint density at radius 3 is 2.20 bits per heavy atom. The number of carbonyl (C=O) groups is 3. The molecule has 3 aromatic rings. The molecule has 1 aliphatic heterocycles. The number of esters is 3. The predicted molar refractivity (Wildman–Crippen MR) is 182 cm³/mol. The summed E-state index contributed by atoms with van der Waals surface area (Å²) in [6, 6.07) is 16.2. The Labute approximate surface area is 287 Å². The van der Waals surface area contributed by atoms with Crippen LogP contribution in [0.15, 0.2) is 102 Å². The van der Waals surface area contributed by atoms with Crippen LogP contribution in [-0.2, 0) is 30.2 Å². The predicted octanol–water partition coefficient (Wildman–Crippen LogP) is 7.03. The van der Waals surface area contributed by atoms with Gasteiger partial charge in [-0.15, -0.1) is 0 Å². The van der Waals surface area contributed by atoms with Crippen molar-refractivity contribution in [1.82, 2.24) is 9.97 Å². The van der Waals surface area contributed by atoms with Crippen LogP contribution in [0.5, 0.6) is 0 Å². The van der Waals surface area contributed by atoms with Crippen molar-refractivity contribution in [2.75, 3.05) is 6.61 Å². The van der Waals surface area contributed by atoms with Crippen LogP contribution in [-0.4, -0.2) is 58.4 Å². The molecule has 0 N–H and O–H groups in total. The number of benzene rings is 1. The van der Waals surface area contributed by atoms with Crippen LogP contribution in [0.3, 0.4) is 0 Å². The maximum Gasteiger partial charge on any atom is 0.340 e. The van der Waals surface area contributed by atoms with Crippen molar-refractivity contribution < 1.29 is 33.3 Å². The van der Waals surface area contributed by atoms with E-state index in [1.165, 1.54) is 12.4 Å². The molecule has 0 spiro atoms. The Balaban J connectivity index is 1.46. The first kappa shape index (κ1) is 34.2. The molecule has 49 heavy (non-hydrogen) atoms. The lowest BCUT2D eigenvalue weighted by Gasteiger charge is -2.43. The smallest absolute Gasteiger partial charge is 0.340 e. The summed E-state index contributed by atoms with van der Waals surface area (Å²) in [4.78, 5) is 49.3. The number of carbonyl (C=O) groups excluding carboxylic acids is 3. The second-order valence-electron chi connectivity index (χ2n) is 14.0. The van der Waals surface area contributed by atoms with Gasteiger partial charge in [0, 0.05) is 37.1 Å². The van der Waals surface area contributed by atoms with Gasteiger partial charge in [0.15, 0.2) is 0 Å². The number of rotatable bonds is 8. The Kier molecular flexibility index (Phi) is 10.1. The summed E-state index contributed by atoms with van der Waals surface area (Å²) in [5.41, 5.74) is 3.21. The molecule has 1 saturated heterocycles. The lowest BCUT2D eigenvalue weighted by molar-refractivity contribution is -0.152. The maximum absolute atomic E-state index is 13.8. The molecule has 6 rings (SSSR count). The van der Waals surface area contributed by atoms with Crippen LogP contribution in [0, 0.1) is 11.3 Å². The van der Waals surface area contributed by atoms with Crippen LogP contribution >= 0.6 is 0 Å². The Morgan fingerprint density at radius 2 is 1.57 bits per heavy atom. The van der Waals surface area contributed by atoms with Crippen LogP contribution in [0.25, 0.3) is 0 Å². The van der Waals surface area contributed by atoms with E-state index in [2.05, 4.69) is 16.9 Å². The maximum atomic E-state index is 13.8. The van der Waals surface area contributed by atoms with Crippen LogP contribution in [0.2, 0.25) is 0 Å². The molecule has 6 atom stereocenters. The summed E-state index contributed by atoms with van der Waals surface area (Å²) >= 11 is 0. The third kappa shape index (κ3) is 7.67. The minimum absolute atomic E-state index is 0.0143. The van der Waals surface area contributed by atoms with Crippen molar-refractivity contribution in [1.29, 1.82) is 0 Å². The molecule has 2 aliphatic carbocycles. The normalized spacial score (nSPS) is 27.8. The molecule has 3 aliphatic rings. The van der Waals surface area contributed by atoms with Crippen molar-refractivity contribution >= 4 is 17.9 Å². The van der Waals surface area contributed by atoms with E-state index in [1.807, 2.05) is 57.2 Å². The topological polar surface area (TPSA) is 117 Å². The van der Waals surface area contributed by atoms with Gasteiger partial charge in [0.1, 0.15) is 18.8 Å². The molecule has 9 heteroatoms. The van der Waals surface area contributed by atoms with Crippen molar-refractivity contribution in [3.63, 3.8) is 0 Å². The quantitative estimate of drug-likeness (QED) is 0.108. The molecule has 0 bridgehead atoms. The van der Waals surface area contributed by atoms with E-state index >= 15 is 0 Å². The summed E-state index contributed by atoms with van der Waals surface area (Å²) in [7, 11) is 0. The van der Waals surface area contributed by atoms with E-state index in [-0.39, 0.29) is 19.1 Å². The largest absolute Gasteiger partial charge is 0.465 e. The van der Waals surface area contributed by atoms with Gasteiger partial charge in [-0.2, -0.15) is 0 Å². The van der Waals surface area contributed by atoms with E-state index in [1.54, 1.807) is 36.7 Å². The van der Waals surface area contributed by atoms with Crippen LogP contribution in [0.4, 0.5) is 0 Å². The molecule has 0 radical (unpaired) electrons. The Bertz CT molecular complexity index is 1720. The first-order valence-corrected chi connectivity index (χ1v) is 17.0. The first-order valence-electron chi connectivity index (χ1n) is 17.0. The second-order valence-corrected chi connectivity index (χ2v) is 14.0. The molecule has 3 heterocycles. The zero-order chi connectivity index (χ0) is 34.6. The fraction of sp³-hybridized carbons (Fsp3) is 0.425. The van der Waals surface area contributed by atoms with Gasteiger partial charge in [0.2, 0.25) is 0 Å². The minimum atomic E-state index is -0.969. The minimum Gasteiger partial charge on any atom is -0.465 e. The van der Waals surface area contributed by atoms with Crippen molar-refractivity contribution in [3.05, 3.63) is 119 Å². The number of pyridine rings is 2. The standard InChI is InChI=1S/C40H44N2O7/c1-26(2)31-16-17-40(25-46-35(43)21-28-10-6-5-7-11-28)34(48-38(45)30-13-9-19-42-24-30)20-27(3)14-15-33-39(4,49-33)22-32(36(31)40)47-37(44)29-12-8-18-41-23-29/h5-13,18-20,23-24,32-34,36H,14-17,21-22,25H2,1-4H3/t32-,33-,34+,36-,39+,40+/m1/s1. The van der Waals surface area contributed by atoms with Gasteiger partial charge in [-0.05, 0) is 89.3 Å². The van der Waals surface area contributed by atoms with Gasteiger partial charge in [0.05, 0.1) is 34.7 Å². The molecule has 2 fully saturated rings. The number of epoxide rings is 1. The zero-order valence-electron chi connectivity index (χ0n) is 28.6. The highest BCUT2D eigenvalue weighted by Gasteiger charge is 2.61. The molecule has 0 unspecified atom stereocenters. The molecule has 256 valence electrons. The average Bonchev–Trinajstić information content (AvgIpc) is 3.57. The summed E-state index contributed by atoms with van der Waals surface area (Å²) in [6.07, 6.45) is 9.88. The number of aromatic nitrogens is 2. The fourth-order valence-corrected chi connectivity index (χ4v) is 7.61. The lowest BCUT2D eigenvalue weighted by atomic mass is 9.68. The molecule has 0 amide bonds. The second kappa shape index (κ2) is 14.5. The number of fused-ring (bicyclic) bond motifs is 2. The lowest BCUT2D eigenvalue weighted by Crippen LogP contribution is -2.50. The first-order chi connectivity index (χ1) is 23.6. The van der Waals surface area contributed by atoms with Gasteiger partial charge in [0.25, 0.3) is 0 Å². The van der Waals surface area contributed by atoms with E-state index in [0.717, 1.165) is 35.1 Å². The highest BCUT2D eigenvalue weighted by Crippen LogP contribution is 2.57. The number of nitrogens with zero attached hydrogens (tertiary/aromatic N) is 2. The SMILES string of the molecule is CC1=C[C@H](OC(=O)c2cccnc2)[C@@]2(COC(=O)Cc3ccccc3)CCC(=C(C)C)[C@@H]2[C@H](OC(=O)c2cccnc2)C[C@]2(C)O[C@@H]2CC1. The van der Waals surface area contributed by atoms with Crippen LogP contribution in [0.1, 0.15) is 86.1 Å². The van der Waals surface area contributed by atoms with Gasteiger partial charge in [-0.3, -0.25) is 14.8 Å². The molecular formula is C40H44N2O7. The molecule has 1 saturated carbocycles. The summed E-state index contributed by atoms with van der Waals surface area (Å²) in [5.74, 6) is -1.88. The Hall–Kier alpha value is -4.63. The summed E-state index contributed by atoms with van der Waals surface area (Å²) < 4.78 is 25.5. The number of hydrogen-bond acceptors (Lipinski definition) is 9. The Morgan fingerprint density at radius 1 is 0.898 bits per heavy atom. The summed E-state index contributed by atoms with van der Waals surface area (Å²) in [6.45, 7) is 8.15. The monoisotopic (exact) mass is 664 g/mol. The molecular weight excluding hydrogens is 620 g/mol. The molecule has 9 nitrogen and oxygen atoms in total. The fourth-order valence-electron chi connectivity index (χ4n) is 7.61. The summed E-state index contributed by atoms with van der Waals surface area (Å²) in [5, 5.41) is 0. The van der Waals surface area contributed by atoms with Gasteiger partial charge < -0.3 is 18.9 Å². The number of allylic oxidation sites excluding steroid dienone is 2. The molecule has 1 aromatic carbocycles. The van der Waals surface area contributed by atoms with Gasteiger partial charge in [-0.25, -0.2) is 9.59 Å². The van der Waals surface area contributed by atoms with Crippen molar-refractivity contribution in [2.45, 2.75) is 90.1 Å². The van der Waals surface area contributed by atoms with Gasteiger partial charge in [-0.1, -0.05) is 47.1 Å². The van der Waals surface area contributed by atoms with Crippen LogP contribution < -0.4 is 0 Å². The van der Waals surface area contributed by atoms with Gasteiger partial charge >= 0.3 is 17.9 Å². The van der Waals surface area contributed by atoms with E-state index in [0.29, 0.717) is 30.4 Å². The highest BCUT2D eigenvalue weighted by atomic mass is 16.6. The third-order valence-electron chi connectivity index (χ3n) is 10.3. The highest BCUT2D eigenvalue weighted by molar-refractivity contribution is 5.89. The van der Waals surface area contributed by atoms with E-state index in [4.69, 9.17) is 18.9 Å². The number of ether oxygens (including phenoxy) is 4. The van der Waals surface area contributed by atoms with Crippen molar-refractivity contribution in [2.24, 2.45) is 11.3 Å².